The van der Waals surface area contributed by atoms with E-state index in [1.807, 2.05) is 0 Å². The van der Waals surface area contributed by atoms with Crippen LogP contribution in [0.1, 0.15) is 18.5 Å². The largest absolute Gasteiger partial charge is 0.324 e. The Labute approximate surface area is 109 Å². The molecule has 0 aliphatic heterocycles. The molecule has 1 nitrogen and oxygen atoms in total. The second-order valence-corrected chi connectivity index (χ2v) is 5.03. The van der Waals surface area contributed by atoms with Gasteiger partial charge in [-0.3, -0.25) is 0 Å². The van der Waals surface area contributed by atoms with E-state index in [1.54, 1.807) is 37.3 Å². The summed E-state index contributed by atoms with van der Waals surface area (Å²) >= 11 is 1.07. The van der Waals surface area contributed by atoms with Gasteiger partial charge >= 0.3 is 0 Å². The van der Waals surface area contributed by atoms with Crippen LogP contribution in [0, 0.1) is 11.6 Å². The molecule has 94 valence electrons. The van der Waals surface area contributed by atoms with Crippen LogP contribution < -0.4 is 5.73 Å². The lowest BCUT2D eigenvalue weighted by atomic mass is 10.1. The van der Waals surface area contributed by atoms with Crippen molar-refractivity contribution in [1.29, 1.82) is 0 Å². The maximum atomic E-state index is 13.8. The average molecular weight is 265 g/mol. The predicted octanol–water partition coefficient (Wildman–Crippen LogP) is 4.14. The van der Waals surface area contributed by atoms with Gasteiger partial charge in [0.25, 0.3) is 0 Å². The summed E-state index contributed by atoms with van der Waals surface area (Å²) in [7, 11) is 0. The van der Waals surface area contributed by atoms with E-state index in [0.29, 0.717) is 15.4 Å². The van der Waals surface area contributed by atoms with Gasteiger partial charge in [-0.25, -0.2) is 8.78 Å². The summed E-state index contributed by atoms with van der Waals surface area (Å²) in [6.07, 6.45) is 0. The Morgan fingerprint density at radius 3 is 2.33 bits per heavy atom. The van der Waals surface area contributed by atoms with Gasteiger partial charge < -0.3 is 5.73 Å². The SMILES string of the molecule is CC(N)c1cccc(F)c1Sc1ccccc1F. The monoisotopic (exact) mass is 265 g/mol. The second kappa shape index (κ2) is 5.50. The van der Waals surface area contributed by atoms with E-state index in [0.717, 1.165) is 11.8 Å². The van der Waals surface area contributed by atoms with Crippen molar-refractivity contribution in [3.05, 3.63) is 59.7 Å². The van der Waals surface area contributed by atoms with E-state index in [-0.39, 0.29) is 17.7 Å². The first-order valence-electron chi connectivity index (χ1n) is 5.56. The fourth-order valence-corrected chi connectivity index (χ4v) is 2.70. The van der Waals surface area contributed by atoms with Gasteiger partial charge in [0.1, 0.15) is 11.6 Å². The Hall–Kier alpha value is -1.39. The van der Waals surface area contributed by atoms with Crippen molar-refractivity contribution < 1.29 is 8.78 Å². The van der Waals surface area contributed by atoms with Crippen LogP contribution in [-0.2, 0) is 0 Å². The van der Waals surface area contributed by atoms with Gasteiger partial charge in [0, 0.05) is 10.9 Å². The number of benzene rings is 2. The first-order chi connectivity index (χ1) is 8.59. The van der Waals surface area contributed by atoms with Crippen molar-refractivity contribution in [2.24, 2.45) is 5.73 Å². The van der Waals surface area contributed by atoms with E-state index < -0.39 is 0 Å². The van der Waals surface area contributed by atoms with Crippen molar-refractivity contribution in [3.8, 4) is 0 Å². The van der Waals surface area contributed by atoms with Gasteiger partial charge in [-0.2, -0.15) is 0 Å². The minimum atomic E-state index is -0.377. The fraction of sp³-hybridized carbons (Fsp3) is 0.143. The highest BCUT2D eigenvalue weighted by Crippen LogP contribution is 2.35. The molecule has 0 fully saturated rings. The van der Waals surface area contributed by atoms with Crippen LogP contribution in [0.3, 0.4) is 0 Å². The molecule has 2 rings (SSSR count). The maximum absolute atomic E-state index is 13.8. The van der Waals surface area contributed by atoms with Crippen molar-refractivity contribution in [3.63, 3.8) is 0 Å². The average Bonchev–Trinajstić information content (AvgIpc) is 2.34. The summed E-state index contributed by atoms with van der Waals surface area (Å²) in [5.41, 5.74) is 6.48. The summed E-state index contributed by atoms with van der Waals surface area (Å²) in [5.74, 6) is -0.737. The van der Waals surface area contributed by atoms with Crippen LogP contribution in [0.5, 0.6) is 0 Å². The van der Waals surface area contributed by atoms with Crippen molar-refractivity contribution >= 4 is 11.8 Å². The molecule has 0 bridgehead atoms. The Bertz CT molecular complexity index is 555. The van der Waals surface area contributed by atoms with Gasteiger partial charge in [-0.1, -0.05) is 36.0 Å². The molecule has 0 aromatic heterocycles. The standard InChI is InChI=1S/C14H13F2NS/c1-9(17)10-5-4-7-12(16)14(10)18-13-8-3-2-6-11(13)15/h2-9H,17H2,1H3. The van der Waals surface area contributed by atoms with Gasteiger partial charge in [0.15, 0.2) is 0 Å². The molecule has 2 N–H and O–H groups in total. The van der Waals surface area contributed by atoms with E-state index in [1.165, 1.54) is 12.1 Å². The highest BCUT2D eigenvalue weighted by molar-refractivity contribution is 7.99. The lowest BCUT2D eigenvalue weighted by Gasteiger charge is -2.13. The summed E-state index contributed by atoms with van der Waals surface area (Å²) in [6.45, 7) is 1.78. The van der Waals surface area contributed by atoms with Gasteiger partial charge in [0.05, 0.1) is 4.90 Å². The van der Waals surface area contributed by atoms with Gasteiger partial charge in [-0.05, 0) is 30.7 Å². The predicted molar refractivity (Wildman–Crippen MR) is 69.5 cm³/mol. The fourth-order valence-electron chi connectivity index (χ4n) is 1.63. The van der Waals surface area contributed by atoms with Gasteiger partial charge in [0.2, 0.25) is 0 Å². The zero-order chi connectivity index (χ0) is 13.1. The summed E-state index contributed by atoms with van der Waals surface area (Å²) in [5, 5.41) is 0. The van der Waals surface area contributed by atoms with Crippen LogP contribution in [-0.4, -0.2) is 0 Å². The third-order valence-corrected chi connectivity index (χ3v) is 3.72. The molecule has 0 radical (unpaired) electrons. The van der Waals surface area contributed by atoms with Crippen molar-refractivity contribution in [2.75, 3.05) is 0 Å². The number of hydrogen-bond acceptors (Lipinski definition) is 2. The van der Waals surface area contributed by atoms with E-state index in [4.69, 9.17) is 5.73 Å². The van der Waals surface area contributed by atoms with Crippen LogP contribution in [0.2, 0.25) is 0 Å². The first kappa shape index (κ1) is 13.1. The molecule has 0 heterocycles. The highest BCUT2D eigenvalue weighted by atomic mass is 32.2. The normalized spacial score (nSPS) is 12.4. The molecule has 0 spiro atoms. The summed E-state index contributed by atoms with van der Waals surface area (Å²) in [6, 6.07) is 10.7. The minimum Gasteiger partial charge on any atom is -0.324 e. The molecule has 2 aromatic carbocycles. The highest BCUT2D eigenvalue weighted by Gasteiger charge is 2.14. The molecule has 18 heavy (non-hydrogen) atoms. The minimum absolute atomic E-state index is 0.296. The third kappa shape index (κ3) is 2.71. The Morgan fingerprint density at radius 1 is 1.00 bits per heavy atom. The second-order valence-electron chi connectivity index (χ2n) is 3.98. The molecule has 0 saturated carbocycles. The Kier molecular flexibility index (Phi) is 3.99. The van der Waals surface area contributed by atoms with Crippen LogP contribution >= 0.6 is 11.8 Å². The molecule has 1 unspecified atom stereocenters. The summed E-state index contributed by atoms with van der Waals surface area (Å²) in [4.78, 5) is 0.780. The number of rotatable bonds is 3. The zero-order valence-corrected chi connectivity index (χ0v) is 10.7. The van der Waals surface area contributed by atoms with Gasteiger partial charge in [-0.15, -0.1) is 0 Å². The first-order valence-corrected chi connectivity index (χ1v) is 6.37. The zero-order valence-electron chi connectivity index (χ0n) is 9.86. The molecule has 1 atom stereocenters. The molecular weight excluding hydrogens is 252 g/mol. The smallest absolute Gasteiger partial charge is 0.137 e. The van der Waals surface area contributed by atoms with Crippen LogP contribution in [0.25, 0.3) is 0 Å². The molecule has 0 aliphatic carbocycles. The molecule has 0 aliphatic rings. The maximum Gasteiger partial charge on any atom is 0.137 e. The molecular formula is C14H13F2NS. The molecule has 0 saturated heterocycles. The van der Waals surface area contributed by atoms with Crippen molar-refractivity contribution in [2.45, 2.75) is 22.8 Å². The van der Waals surface area contributed by atoms with Crippen LogP contribution in [0.4, 0.5) is 8.78 Å². The molecule has 0 amide bonds. The lowest BCUT2D eigenvalue weighted by Crippen LogP contribution is -2.07. The molecule has 2 aromatic rings. The van der Waals surface area contributed by atoms with E-state index in [9.17, 15) is 8.78 Å². The Balaban J connectivity index is 2.43. The third-order valence-electron chi connectivity index (χ3n) is 2.54. The van der Waals surface area contributed by atoms with Crippen molar-refractivity contribution in [1.82, 2.24) is 0 Å². The number of halogens is 2. The number of hydrogen-bond donors (Lipinski definition) is 1. The topological polar surface area (TPSA) is 26.0 Å². The van der Waals surface area contributed by atoms with E-state index in [2.05, 4.69) is 0 Å². The molecule has 4 heteroatoms. The van der Waals surface area contributed by atoms with E-state index >= 15 is 0 Å². The Morgan fingerprint density at radius 2 is 1.67 bits per heavy atom. The summed E-state index contributed by atoms with van der Waals surface area (Å²) < 4.78 is 27.4. The lowest BCUT2D eigenvalue weighted by molar-refractivity contribution is 0.588. The quantitative estimate of drug-likeness (QED) is 0.902. The number of nitrogens with two attached hydrogens (primary N) is 1. The van der Waals surface area contributed by atoms with Crippen LogP contribution in [0.15, 0.2) is 52.3 Å².